The number of benzene rings is 3. The fourth-order valence-electron chi connectivity index (χ4n) is 3.20. The van der Waals surface area contributed by atoms with Crippen molar-refractivity contribution in [1.82, 2.24) is 4.98 Å². The zero-order valence-corrected chi connectivity index (χ0v) is 16.2. The average Bonchev–Trinajstić information content (AvgIpc) is 2.72. The van der Waals surface area contributed by atoms with Gasteiger partial charge in [0, 0.05) is 27.7 Å². The maximum atomic E-state index is 9.78. The number of rotatable bonds is 4. The van der Waals surface area contributed by atoms with Gasteiger partial charge in [-0.15, -0.1) is 11.8 Å². The van der Waals surface area contributed by atoms with Gasteiger partial charge in [-0.3, -0.25) is 0 Å². The average molecular weight is 382 g/mol. The number of aromatic hydroxyl groups is 1. The monoisotopic (exact) mass is 382 g/mol. The number of thioether (sulfide) groups is 1. The summed E-state index contributed by atoms with van der Waals surface area (Å²) in [5, 5.41) is 20.5. The van der Waals surface area contributed by atoms with E-state index in [0.717, 1.165) is 38.4 Å². The summed E-state index contributed by atoms with van der Waals surface area (Å²) in [5.74, 6) is 1.04. The number of phenols is 1. The molecule has 0 unspecified atom stereocenters. The summed E-state index contributed by atoms with van der Waals surface area (Å²) in [7, 11) is 0. The minimum atomic E-state index is 0.185. The van der Waals surface area contributed by atoms with Crippen molar-refractivity contribution >= 4 is 22.7 Å². The number of nitriles is 1. The van der Waals surface area contributed by atoms with E-state index in [1.165, 1.54) is 5.56 Å². The van der Waals surface area contributed by atoms with Crippen molar-refractivity contribution in [3.63, 3.8) is 0 Å². The minimum Gasteiger partial charge on any atom is -0.508 e. The Bertz CT molecular complexity index is 1200. The Labute approximate surface area is 168 Å². The Morgan fingerprint density at radius 2 is 1.82 bits per heavy atom. The molecule has 0 spiro atoms. The molecular weight excluding hydrogens is 364 g/mol. The van der Waals surface area contributed by atoms with Crippen LogP contribution >= 0.6 is 11.8 Å². The highest BCUT2D eigenvalue weighted by Crippen LogP contribution is 2.31. The van der Waals surface area contributed by atoms with Crippen LogP contribution in [0.4, 0.5) is 0 Å². The van der Waals surface area contributed by atoms with Crippen molar-refractivity contribution in [3.05, 3.63) is 89.5 Å². The number of pyridine rings is 1. The molecule has 3 nitrogen and oxygen atoms in total. The second kappa shape index (κ2) is 7.75. The minimum absolute atomic E-state index is 0.185. The lowest BCUT2D eigenvalue weighted by molar-refractivity contribution is 0.476. The molecule has 0 radical (unpaired) electrons. The van der Waals surface area contributed by atoms with Crippen molar-refractivity contribution in [2.45, 2.75) is 17.6 Å². The third kappa shape index (κ3) is 3.71. The number of aryl methyl sites for hydroxylation is 1. The standard InChI is InChI=1S/C24H18N2OS/c1-16-11-23(26-24-13-19(27)7-9-21(16)24)22-10-8-20(12-18(22)14-25)28-15-17-5-3-2-4-6-17/h2-13,27H,15H2,1H3. The largest absolute Gasteiger partial charge is 0.508 e. The van der Waals surface area contributed by atoms with Crippen molar-refractivity contribution in [3.8, 4) is 23.1 Å². The summed E-state index contributed by atoms with van der Waals surface area (Å²) >= 11 is 1.71. The molecule has 0 saturated heterocycles. The molecule has 4 aromatic rings. The highest BCUT2D eigenvalue weighted by atomic mass is 32.2. The van der Waals surface area contributed by atoms with Crippen LogP contribution in [-0.2, 0) is 5.75 Å². The molecular formula is C24H18N2OS. The molecule has 1 N–H and O–H groups in total. The number of fused-ring (bicyclic) bond motifs is 1. The number of phenolic OH excluding ortho intramolecular Hbond substituents is 1. The van der Waals surface area contributed by atoms with E-state index in [0.29, 0.717) is 5.56 Å². The molecule has 4 rings (SSSR count). The molecule has 0 aliphatic carbocycles. The summed E-state index contributed by atoms with van der Waals surface area (Å²) in [5.41, 5.74) is 5.19. The Balaban J connectivity index is 1.68. The van der Waals surface area contributed by atoms with Crippen molar-refractivity contribution in [1.29, 1.82) is 5.26 Å². The number of nitrogens with zero attached hydrogens (tertiary/aromatic N) is 2. The van der Waals surface area contributed by atoms with Crippen LogP contribution in [0.25, 0.3) is 22.2 Å². The lowest BCUT2D eigenvalue weighted by atomic mass is 10.0. The predicted molar refractivity (Wildman–Crippen MR) is 114 cm³/mol. The van der Waals surface area contributed by atoms with Crippen LogP contribution in [-0.4, -0.2) is 10.1 Å². The van der Waals surface area contributed by atoms with Gasteiger partial charge in [0.1, 0.15) is 5.75 Å². The van der Waals surface area contributed by atoms with Crippen LogP contribution in [0.5, 0.6) is 5.75 Å². The normalized spacial score (nSPS) is 10.7. The molecule has 0 aliphatic rings. The Hall–Kier alpha value is -3.29. The number of aromatic nitrogens is 1. The van der Waals surface area contributed by atoms with Crippen LogP contribution < -0.4 is 0 Å². The maximum Gasteiger partial charge on any atom is 0.117 e. The van der Waals surface area contributed by atoms with E-state index in [1.54, 1.807) is 23.9 Å². The van der Waals surface area contributed by atoms with E-state index in [9.17, 15) is 10.4 Å². The van der Waals surface area contributed by atoms with Gasteiger partial charge >= 0.3 is 0 Å². The number of hydrogen-bond donors (Lipinski definition) is 1. The zero-order chi connectivity index (χ0) is 19.5. The van der Waals surface area contributed by atoms with Gasteiger partial charge in [-0.05, 0) is 48.4 Å². The molecule has 0 atom stereocenters. The topological polar surface area (TPSA) is 56.9 Å². The van der Waals surface area contributed by atoms with E-state index in [1.807, 2.05) is 55.5 Å². The first-order valence-electron chi connectivity index (χ1n) is 8.95. The summed E-state index contributed by atoms with van der Waals surface area (Å²) < 4.78 is 0. The van der Waals surface area contributed by atoms with Gasteiger partial charge in [-0.2, -0.15) is 5.26 Å². The van der Waals surface area contributed by atoms with E-state index in [4.69, 9.17) is 0 Å². The quantitative estimate of drug-likeness (QED) is 0.435. The molecule has 1 heterocycles. The molecule has 0 aliphatic heterocycles. The van der Waals surface area contributed by atoms with Gasteiger partial charge in [-0.1, -0.05) is 36.4 Å². The molecule has 136 valence electrons. The molecule has 0 amide bonds. The van der Waals surface area contributed by atoms with Crippen LogP contribution in [0.3, 0.4) is 0 Å². The summed E-state index contributed by atoms with van der Waals surface area (Å²) in [6.45, 7) is 2.01. The molecule has 0 saturated carbocycles. The summed E-state index contributed by atoms with van der Waals surface area (Å²) in [4.78, 5) is 5.74. The molecule has 1 aromatic heterocycles. The fourth-order valence-corrected chi connectivity index (χ4v) is 4.09. The third-order valence-corrected chi connectivity index (χ3v) is 5.70. The SMILES string of the molecule is Cc1cc(-c2ccc(SCc3ccccc3)cc2C#N)nc2cc(O)ccc12. The fraction of sp³-hybridized carbons (Fsp3) is 0.0833. The van der Waals surface area contributed by atoms with Gasteiger partial charge in [0.25, 0.3) is 0 Å². The maximum absolute atomic E-state index is 9.78. The van der Waals surface area contributed by atoms with Gasteiger partial charge in [0.2, 0.25) is 0 Å². The lowest BCUT2D eigenvalue weighted by Crippen LogP contribution is -1.92. The summed E-state index contributed by atoms with van der Waals surface area (Å²) in [6.07, 6.45) is 0. The first kappa shape index (κ1) is 18.1. The first-order valence-corrected chi connectivity index (χ1v) is 9.94. The van der Waals surface area contributed by atoms with E-state index in [-0.39, 0.29) is 5.75 Å². The molecule has 28 heavy (non-hydrogen) atoms. The predicted octanol–water partition coefficient (Wildman–Crippen LogP) is 6.08. The van der Waals surface area contributed by atoms with Gasteiger partial charge in [0.15, 0.2) is 0 Å². The van der Waals surface area contributed by atoms with Gasteiger partial charge in [0.05, 0.1) is 22.8 Å². The van der Waals surface area contributed by atoms with Crippen molar-refractivity contribution < 1.29 is 5.11 Å². The van der Waals surface area contributed by atoms with E-state index >= 15 is 0 Å². The van der Waals surface area contributed by atoms with Crippen LogP contribution in [0.2, 0.25) is 0 Å². The van der Waals surface area contributed by atoms with Crippen molar-refractivity contribution in [2.75, 3.05) is 0 Å². The van der Waals surface area contributed by atoms with E-state index < -0.39 is 0 Å². The highest BCUT2D eigenvalue weighted by molar-refractivity contribution is 7.98. The molecule has 0 fully saturated rings. The van der Waals surface area contributed by atoms with E-state index in [2.05, 4.69) is 23.2 Å². The molecule has 3 aromatic carbocycles. The second-order valence-electron chi connectivity index (χ2n) is 6.62. The second-order valence-corrected chi connectivity index (χ2v) is 7.67. The Morgan fingerprint density at radius 3 is 2.61 bits per heavy atom. The van der Waals surface area contributed by atoms with Crippen LogP contribution in [0.1, 0.15) is 16.7 Å². The Kier molecular flexibility index (Phi) is 5.01. The summed E-state index contributed by atoms with van der Waals surface area (Å²) in [6, 6.07) is 25.7. The molecule has 0 bridgehead atoms. The third-order valence-electron chi connectivity index (χ3n) is 4.64. The Morgan fingerprint density at radius 1 is 1.00 bits per heavy atom. The highest BCUT2D eigenvalue weighted by Gasteiger charge is 2.11. The zero-order valence-electron chi connectivity index (χ0n) is 15.4. The van der Waals surface area contributed by atoms with Gasteiger partial charge in [-0.25, -0.2) is 4.98 Å². The van der Waals surface area contributed by atoms with Gasteiger partial charge < -0.3 is 5.11 Å². The smallest absolute Gasteiger partial charge is 0.117 e. The van der Waals surface area contributed by atoms with Crippen LogP contribution in [0.15, 0.2) is 77.7 Å². The number of hydrogen-bond acceptors (Lipinski definition) is 4. The molecule has 4 heteroatoms. The van der Waals surface area contributed by atoms with Crippen molar-refractivity contribution in [2.24, 2.45) is 0 Å². The van der Waals surface area contributed by atoms with Crippen LogP contribution in [0, 0.1) is 18.3 Å². The lowest BCUT2D eigenvalue weighted by Gasteiger charge is -2.10. The first-order chi connectivity index (χ1) is 13.6.